The number of aliphatic hydroxyl groups excluding tert-OH is 1. The predicted molar refractivity (Wildman–Crippen MR) is 134 cm³/mol. The number of rotatable bonds is 16. The molecule has 0 spiro atoms. The number of carbonyl (C=O) groups is 6. The molecular formula is C24H31N5O10. The van der Waals surface area contributed by atoms with Crippen molar-refractivity contribution in [3.8, 4) is 0 Å². The number of hydrogen-bond donors (Lipinski definition) is 9. The number of benzene rings is 1. The quantitative estimate of drug-likeness (QED) is 0.114. The van der Waals surface area contributed by atoms with Gasteiger partial charge in [-0.1, -0.05) is 18.2 Å². The Morgan fingerprint density at radius 1 is 0.795 bits per heavy atom. The Morgan fingerprint density at radius 3 is 1.82 bits per heavy atom. The van der Waals surface area contributed by atoms with Crippen LogP contribution in [0.3, 0.4) is 0 Å². The number of nitrogens with one attached hydrogen (secondary N) is 4. The summed E-state index contributed by atoms with van der Waals surface area (Å²) in [6, 6.07) is 1.24. The second kappa shape index (κ2) is 14.4. The Kier molecular flexibility index (Phi) is 11.4. The van der Waals surface area contributed by atoms with Crippen molar-refractivity contribution in [3.63, 3.8) is 0 Å². The maximum absolute atomic E-state index is 13.0. The lowest BCUT2D eigenvalue weighted by Crippen LogP contribution is -2.57. The van der Waals surface area contributed by atoms with Crippen molar-refractivity contribution >= 4 is 46.5 Å². The van der Waals surface area contributed by atoms with Crippen LogP contribution in [0.5, 0.6) is 0 Å². The van der Waals surface area contributed by atoms with Crippen LogP contribution in [-0.2, 0) is 35.2 Å². The molecule has 15 nitrogen and oxygen atoms in total. The lowest BCUT2D eigenvalue weighted by atomic mass is 10.0. The van der Waals surface area contributed by atoms with Crippen molar-refractivity contribution in [2.75, 3.05) is 6.61 Å². The zero-order chi connectivity index (χ0) is 29.1. The maximum Gasteiger partial charge on any atom is 0.326 e. The number of hydrogen-bond acceptors (Lipinski definition) is 8. The normalized spacial score (nSPS) is 14.0. The number of nitrogens with two attached hydrogens (primary N) is 1. The van der Waals surface area contributed by atoms with E-state index in [0.717, 1.165) is 10.9 Å². The van der Waals surface area contributed by atoms with Gasteiger partial charge in [0, 0.05) is 36.4 Å². The van der Waals surface area contributed by atoms with E-state index in [0.29, 0.717) is 5.56 Å². The van der Waals surface area contributed by atoms with E-state index >= 15 is 0 Å². The Hall–Kier alpha value is -4.50. The molecule has 15 heteroatoms. The number of H-pyrrole nitrogens is 1. The summed E-state index contributed by atoms with van der Waals surface area (Å²) in [5.74, 6) is -6.92. The number of fused-ring (bicyclic) bond motifs is 1. The highest BCUT2D eigenvalue weighted by molar-refractivity contribution is 5.94. The minimum absolute atomic E-state index is 0.124. The van der Waals surface area contributed by atoms with Crippen molar-refractivity contribution in [2.24, 2.45) is 5.73 Å². The second-order valence-electron chi connectivity index (χ2n) is 8.74. The van der Waals surface area contributed by atoms with Crippen molar-refractivity contribution in [1.82, 2.24) is 20.9 Å². The van der Waals surface area contributed by atoms with Crippen molar-refractivity contribution in [1.29, 1.82) is 0 Å². The average Bonchev–Trinajstić information content (AvgIpc) is 3.30. The fraction of sp³-hybridized carbons (Fsp3) is 0.417. The number of aliphatic carboxylic acids is 3. The van der Waals surface area contributed by atoms with Crippen molar-refractivity contribution in [2.45, 2.75) is 56.3 Å². The molecular weight excluding hydrogens is 518 g/mol. The number of aliphatic hydroxyl groups is 1. The molecule has 4 unspecified atom stereocenters. The molecule has 1 aromatic carbocycles. The van der Waals surface area contributed by atoms with Gasteiger partial charge in [-0.15, -0.1) is 0 Å². The number of carbonyl (C=O) groups excluding carboxylic acids is 3. The predicted octanol–water partition coefficient (Wildman–Crippen LogP) is -1.70. The average molecular weight is 550 g/mol. The van der Waals surface area contributed by atoms with Gasteiger partial charge in [0.1, 0.15) is 24.2 Å². The van der Waals surface area contributed by atoms with E-state index in [1.54, 1.807) is 30.5 Å². The molecule has 0 bridgehead atoms. The van der Waals surface area contributed by atoms with Crippen LogP contribution in [0.4, 0.5) is 0 Å². The number of para-hydroxylation sites is 1. The van der Waals surface area contributed by atoms with E-state index < -0.39 is 92.1 Å². The van der Waals surface area contributed by atoms with E-state index in [1.165, 1.54) is 0 Å². The highest BCUT2D eigenvalue weighted by Crippen LogP contribution is 2.19. The lowest BCUT2D eigenvalue weighted by molar-refractivity contribution is -0.143. The van der Waals surface area contributed by atoms with Gasteiger partial charge in [-0.3, -0.25) is 24.0 Å². The van der Waals surface area contributed by atoms with Crippen LogP contribution in [0.15, 0.2) is 30.5 Å². The molecule has 0 aliphatic rings. The summed E-state index contributed by atoms with van der Waals surface area (Å²) >= 11 is 0. The smallest absolute Gasteiger partial charge is 0.326 e. The molecule has 1 aromatic heterocycles. The summed E-state index contributed by atoms with van der Waals surface area (Å²) < 4.78 is 0. The van der Waals surface area contributed by atoms with Crippen LogP contribution in [0.25, 0.3) is 10.9 Å². The van der Waals surface area contributed by atoms with E-state index in [1.807, 2.05) is 0 Å². The van der Waals surface area contributed by atoms with Crippen molar-refractivity contribution < 1.29 is 49.2 Å². The van der Waals surface area contributed by atoms with Crippen LogP contribution < -0.4 is 21.7 Å². The summed E-state index contributed by atoms with van der Waals surface area (Å²) in [5, 5.41) is 44.3. The Balaban J connectivity index is 2.21. The van der Waals surface area contributed by atoms with Gasteiger partial charge in [-0.25, -0.2) is 4.79 Å². The van der Waals surface area contributed by atoms with E-state index in [-0.39, 0.29) is 6.42 Å². The molecule has 0 fully saturated rings. The van der Waals surface area contributed by atoms with Crippen LogP contribution >= 0.6 is 0 Å². The minimum Gasteiger partial charge on any atom is -0.481 e. The maximum atomic E-state index is 13.0. The molecule has 0 radical (unpaired) electrons. The largest absolute Gasteiger partial charge is 0.481 e. The van der Waals surface area contributed by atoms with Crippen molar-refractivity contribution in [3.05, 3.63) is 36.0 Å². The lowest BCUT2D eigenvalue weighted by Gasteiger charge is -2.24. The van der Waals surface area contributed by atoms with E-state index in [2.05, 4.69) is 20.9 Å². The third-order valence-electron chi connectivity index (χ3n) is 5.81. The molecule has 10 N–H and O–H groups in total. The Labute approximate surface area is 221 Å². The molecule has 4 atom stereocenters. The molecule has 212 valence electrons. The van der Waals surface area contributed by atoms with Gasteiger partial charge in [0.15, 0.2) is 0 Å². The molecule has 3 amide bonds. The molecule has 2 rings (SSSR count). The highest BCUT2D eigenvalue weighted by atomic mass is 16.4. The van der Waals surface area contributed by atoms with Gasteiger partial charge in [0.2, 0.25) is 17.7 Å². The van der Waals surface area contributed by atoms with Gasteiger partial charge in [0.25, 0.3) is 0 Å². The van der Waals surface area contributed by atoms with Crippen LogP contribution in [0.1, 0.15) is 31.2 Å². The van der Waals surface area contributed by atoms with Gasteiger partial charge < -0.3 is 47.1 Å². The SMILES string of the molecule is NC(CO)C(=O)NC(CCC(=O)O)C(=O)NC(CCC(=O)O)C(=O)NC(Cc1c[nH]c2ccccc12)C(=O)O. The first-order chi connectivity index (χ1) is 18.4. The number of aromatic nitrogens is 1. The summed E-state index contributed by atoms with van der Waals surface area (Å²) in [6.45, 7) is -0.754. The third-order valence-corrected chi connectivity index (χ3v) is 5.81. The summed E-state index contributed by atoms with van der Waals surface area (Å²) in [5.41, 5.74) is 6.78. The third kappa shape index (κ3) is 9.39. The molecule has 0 aliphatic heterocycles. The Morgan fingerprint density at radius 2 is 1.31 bits per heavy atom. The fourth-order valence-electron chi connectivity index (χ4n) is 3.70. The summed E-state index contributed by atoms with van der Waals surface area (Å²) in [6.07, 6.45) is -0.479. The van der Waals surface area contributed by atoms with Gasteiger partial charge in [0.05, 0.1) is 6.61 Å². The molecule has 2 aromatic rings. The first-order valence-electron chi connectivity index (χ1n) is 11.9. The molecule has 0 aliphatic carbocycles. The molecule has 39 heavy (non-hydrogen) atoms. The second-order valence-corrected chi connectivity index (χ2v) is 8.74. The topological polar surface area (TPSA) is 261 Å². The number of amides is 3. The van der Waals surface area contributed by atoms with Gasteiger partial charge in [-0.05, 0) is 24.5 Å². The summed E-state index contributed by atoms with van der Waals surface area (Å²) in [4.78, 5) is 75.1. The molecule has 1 heterocycles. The van der Waals surface area contributed by atoms with Crippen LogP contribution in [0, 0.1) is 0 Å². The minimum atomic E-state index is -1.53. The number of carboxylic acid groups (broad SMARTS) is 3. The van der Waals surface area contributed by atoms with E-state index in [9.17, 15) is 33.9 Å². The summed E-state index contributed by atoms with van der Waals surface area (Å²) in [7, 11) is 0. The molecule has 0 saturated heterocycles. The van der Waals surface area contributed by atoms with Gasteiger partial charge >= 0.3 is 17.9 Å². The molecule has 0 saturated carbocycles. The van der Waals surface area contributed by atoms with Gasteiger partial charge in [-0.2, -0.15) is 0 Å². The first kappa shape index (κ1) is 30.7. The zero-order valence-corrected chi connectivity index (χ0v) is 20.8. The van der Waals surface area contributed by atoms with Crippen LogP contribution in [-0.4, -0.2) is 91.8 Å². The first-order valence-corrected chi connectivity index (χ1v) is 11.9. The highest BCUT2D eigenvalue weighted by Gasteiger charge is 2.31. The number of aromatic amines is 1. The van der Waals surface area contributed by atoms with E-state index in [4.69, 9.17) is 21.1 Å². The monoisotopic (exact) mass is 549 g/mol. The fourth-order valence-corrected chi connectivity index (χ4v) is 3.70. The number of carboxylic acids is 3. The zero-order valence-electron chi connectivity index (χ0n) is 20.8. The Bertz CT molecular complexity index is 1210. The van der Waals surface area contributed by atoms with Crippen LogP contribution in [0.2, 0.25) is 0 Å². The standard InChI is InChI=1S/C24H31N5O10/c25-14(11-30)21(35)27-16(5-7-19(31)32)22(36)28-17(6-8-20(33)34)23(37)29-18(24(38)39)9-12-10-26-15-4-2-1-3-13(12)15/h1-4,10,14,16-18,26,30H,5-9,11,25H2,(H,27,35)(H,28,36)(H,29,37)(H,31,32)(H,33,34)(H,38,39).